The van der Waals surface area contributed by atoms with Crippen LogP contribution in [0.5, 0.6) is 0 Å². The minimum Gasteiger partial charge on any atom is -0.324 e. The molecule has 0 radical (unpaired) electrons. The van der Waals surface area contributed by atoms with E-state index in [2.05, 4.69) is 43.1 Å². The van der Waals surface area contributed by atoms with Gasteiger partial charge in [-0.3, -0.25) is 4.98 Å². The van der Waals surface area contributed by atoms with Gasteiger partial charge < -0.3 is 5.73 Å². The van der Waals surface area contributed by atoms with E-state index in [4.69, 9.17) is 5.73 Å². The topological polar surface area (TPSA) is 38.9 Å². The van der Waals surface area contributed by atoms with Crippen molar-refractivity contribution in [1.82, 2.24) is 4.98 Å². The smallest absolute Gasteiger partial charge is 0.0705 e. The molecule has 0 aliphatic heterocycles. The van der Waals surface area contributed by atoms with Gasteiger partial charge in [-0.2, -0.15) is 0 Å². The van der Waals surface area contributed by atoms with Crippen LogP contribution in [0.15, 0.2) is 30.3 Å². The summed E-state index contributed by atoms with van der Waals surface area (Å²) in [5, 5.41) is 1.17. The number of benzene rings is 1. The van der Waals surface area contributed by atoms with E-state index in [1.54, 1.807) is 0 Å². The molecule has 1 aromatic carbocycles. The molecule has 0 bridgehead atoms. The fourth-order valence-corrected chi connectivity index (χ4v) is 2.04. The summed E-state index contributed by atoms with van der Waals surface area (Å²) in [5.74, 6) is 0.505. The number of rotatable bonds is 3. The summed E-state index contributed by atoms with van der Waals surface area (Å²) in [5.41, 5.74) is 9.55. The van der Waals surface area contributed by atoms with Crippen molar-refractivity contribution in [3.63, 3.8) is 0 Å². The van der Waals surface area contributed by atoms with Gasteiger partial charge in [0.05, 0.1) is 5.52 Å². The Morgan fingerprint density at radius 1 is 1.24 bits per heavy atom. The fraction of sp³-hybridized carbons (Fsp3) is 0.400. The van der Waals surface area contributed by atoms with Crippen molar-refractivity contribution in [3.8, 4) is 0 Å². The van der Waals surface area contributed by atoms with Crippen LogP contribution in [-0.4, -0.2) is 4.98 Å². The lowest BCUT2D eigenvalue weighted by atomic mass is 9.92. The highest BCUT2D eigenvalue weighted by Gasteiger charge is 2.13. The molecule has 2 aromatic rings. The SMILES string of the molecule is CCC(C)C(N)c1ccc2nc(C)ccc2c1. The van der Waals surface area contributed by atoms with E-state index in [-0.39, 0.29) is 6.04 Å². The van der Waals surface area contributed by atoms with E-state index in [9.17, 15) is 0 Å². The van der Waals surface area contributed by atoms with Gasteiger partial charge in [0.25, 0.3) is 0 Å². The van der Waals surface area contributed by atoms with Crippen LogP contribution >= 0.6 is 0 Å². The molecular formula is C15H20N2. The van der Waals surface area contributed by atoms with Gasteiger partial charge >= 0.3 is 0 Å². The quantitative estimate of drug-likeness (QED) is 0.872. The second-order valence-corrected chi connectivity index (χ2v) is 4.82. The zero-order chi connectivity index (χ0) is 12.4. The average Bonchev–Trinajstić information content (AvgIpc) is 2.36. The Morgan fingerprint density at radius 2 is 2.00 bits per heavy atom. The van der Waals surface area contributed by atoms with Crippen LogP contribution in [-0.2, 0) is 0 Å². The molecule has 0 amide bonds. The predicted molar refractivity (Wildman–Crippen MR) is 72.9 cm³/mol. The molecule has 17 heavy (non-hydrogen) atoms. The monoisotopic (exact) mass is 228 g/mol. The van der Waals surface area contributed by atoms with Crippen LogP contribution < -0.4 is 5.73 Å². The lowest BCUT2D eigenvalue weighted by molar-refractivity contribution is 0.457. The molecular weight excluding hydrogens is 208 g/mol. The largest absolute Gasteiger partial charge is 0.324 e. The normalized spacial score (nSPS) is 14.8. The van der Waals surface area contributed by atoms with Gasteiger partial charge in [-0.15, -0.1) is 0 Å². The van der Waals surface area contributed by atoms with Crippen LogP contribution in [0.4, 0.5) is 0 Å². The van der Waals surface area contributed by atoms with E-state index >= 15 is 0 Å². The van der Waals surface area contributed by atoms with Gasteiger partial charge in [-0.1, -0.05) is 32.4 Å². The van der Waals surface area contributed by atoms with Crippen LogP contribution in [0.1, 0.15) is 37.6 Å². The third-order valence-electron chi connectivity index (χ3n) is 3.49. The molecule has 2 N–H and O–H groups in total. The Labute approximate surface area is 103 Å². The molecule has 2 atom stereocenters. The van der Waals surface area contributed by atoms with Gasteiger partial charge in [0.1, 0.15) is 0 Å². The van der Waals surface area contributed by atoms with E-state index in [1.165, 1.54) is 10.9 Å². The van der Waals surface area contributed by atoms with E-state index in [0.29, 0.717) is 5.92 Å². The van der Waals surface area contributed by atoms with Crippen molar-refractivity contribution < 1.29 is 0 Å². The molecule has 2 rings (SSSR count). The Kier molecular flexibility index (Phi) is 3.43. The Hall–Kier alpha value is -1.41. The molecule has 0 saturated carbocycles. The zero-order valence-corrected chi connectivity index (χ0v) is 10.8. The highest BCUT2D eigenvalue weighted by atomic mass is 14.7. The van der Waals surface area contributed by atoms with Crippen molar-refractivity contribution in [3.05, 3.63) is 41.6 Å². The van der Waals surface area contributed by atoms with Crippen LogP contribution in [0, 0.1) is 12.8 Å². The summed E-state index contributed by atoms with van der Waals surface area (Å²) in [6, 6.07) is 10.6. The van der Waals surface area contributed by atoms with Crippen molar-refractivity contribution in [2.75, 3.05) is 0 Å². The van der Waals surface area contributed by atoms with E-state index in [1.807, 2.05) is 13.0 Å². The minimum atomic E-state index is 0.116. The number of aromatic nitrogens is 1. The van der Waals surface area contributed by atoms with Crippen molar-refractivity contribution in [2.45, 2.75) is 33.2 Å². The maximum Gasteiger partial charge on any atom is 0.0705 e. The van der Waals surface area contributed by atoms with Crippen LogP contribution in [0.25, 0.3) is 10.9 Å². The summed E-state index contributed by atoms with van der Waals surface area (Å²) in [4.78, 5) is 4.50. The van der Waals surface area contributed by atoms with Crippen LogP contribution in [0.2, 0.25) is 0 Å². The molecule has 0 aliphatic carbocycles. The van der Waals surface area contributed by atoms with E-state index < -0.39 is 0 Å². The fourth-order valence-electron chi connectivity index (χ4n) is 2.04. The molecule has 0 aliphatic rings. The number of aryl methyl sites for hydroxylation is 1. The summed E-state index contributed by atoms with van der Waals surface area (Å²) in [6.45, 7) is 6.39. The summed E-state index contributed by atoms with van der Waals surface area (Å²) in [6.07, 6.45) is 1.10. The number of pyridine rings is 1. The maximum atomic E-state index is 6.25. The lowest BCUT2D eigenvalue weighted by Gasteiger charge is -2.19. The Morgan fingerprint density at radius 3 is 2.71 bits per heavy atom. The third kappa shape index (κ3) is 2.47. The second-order valence-electron chi connectivity index (χ2n) is 4.82. The van der Waals surface area contributed by atoms with Gasteiger partial charge in [0.15, 0.2) is 0 Å². The summed E-state index contributed by atoms with van der Waals surface area (Å²) >= 11 is 0. The zero-order valence-electron chi connectivity index (χ0n) is 10.8. The first-order valence-corrected chi connectivity index (χ1v) is 6.24. The van der Waals surface area contributed by atoms with Crippen molar-refractivity contribution in [2.24, 2.45) is 11.7 Å². The molecule has 90 valence electrons. The van der Waals surface area contributed by atoms with Gasteiger partial charge in [-0.05, 0) is 36.6 Å². The first-order valence-electron chi connectivity index (χ1n) is 6.24. The highest BCUT2D eigenvalue weighted by molar-refractivity contribution is 5.79. The third-order valence-corrected chi connectivity index (χ3v) is 3.49. The molecule has 0 spiro atoms. The Balaban J connectivity index is 2.41. The number of fused-ring (bicyclic) bond motifs is 1. The minimum absolute atomic E-state index is 0.116. The van der Waals surface area contributed by atoms with Crippen molar-refractivity contribution in [1.29, 1.82) is 0 Å². The second kappa shape index (κ2) is 4.84. The molecule has 1 heterocycles. The summed E-state index contributed by atoms with van der Waals surface area (Å²) < 4.78 is 0. The molecule has 0 saturated heterocycles. The van der Waals surface area contributed by atoms with Crippen molar-refractivity contribution >= 4 is 10.9 Å². The summed E-state index contributed by atoms with van der Waals surface area (Å²) in [7, 11) is 0. The maximum absolute atomic E-state index is 6.25. The average molecular weight is 228 g/mol. The molecule has 2 heteroatoms. The van der Waals surface area contributed by atoms with Crippen LogP contribution in [0.3, 0.4) is 0 Å². The molecule has 2 unspecified atom stereocenters. The van der Waals surface area contributed by atoms with Gasteiger partial charge in [0, 0.05) is 17.1 Å². The Bertz CT molecular complexity index is 519. The number of hydrogen-bond acceptors (Lipinski definition) is 2. The standard InChI is InChI=1S/C15H20N2/c1-4-10(2)15(16)13-7-8-14-12(9-13)6-5-11(3)17-14/h5-10,15H,4,16H2,1-3H3. The van der Waals surface area contributed by atoms with E-state index in [0.717, 1.165) is 17.6 Å². The van der Waals surface area contributed by atoms with Gasteiger partial charge in [-0.25, -0.2) is 0 Å². The molecule has 2 nitrogen and oxygen atoms in total. The number of nitrogens with two attached hydrogens (primary N) is 1. The highest BCUT2D eigenvalue weighted by Crippen LogP contribution is 2.24. The lowest BCUT2D eigenvalue weighted by Crippen LogP contribution is -2.18. The number of hydrogen-bond donors (Lipinski definition) is 1. The predicted octanol–water partition coefficient (Wildman–Crippen LogP) is 3.59. The first-order chi connectivity index (χ1) is 8.11. The number of nitrogens with zero attached hydrogens (tertiary/aromatic N) is 1. The molecule has 1 aromatic heterocycles. The first kappa shape index (κ1) is 12.1. The van der Waals surface area contributed by atoms with Gasteiger partial charge in [0.2, 0.25) is 0 Å². The molecule has 0 fully saturated rings.